The van der Waals surface area contributed by atoms with Crippen LogP contribution in [0, 0.1) is 5.92 Å². The summed E-state index contributed by atoms with van der Waals surface area (Å²) in [6.07, 6.45) is 1.99. The molecule has 3 N–H and O–H groups in total. The van der Waals surface area contributed by atoms with E-state index in [0.29, 0.717) is 5.92 Å². The van der Waals surface area contributed by atoms with Gasteiger partial charge in [0, 0.05) is 22.7 Å². The van der Waals surface area contributed by atoms with Gasteiger partial charge in [-0.3, -0.25) is 4.79 Å². The number of benzene rings is 1. The van der Waals surface area contributed by atoms with Crippen molar-refractivity contribution in [1.82, 2.24) is 4.98 Å². The molecule has 90 valence electrons. The molecule has 0 saturated carbocycles. The zero-order valence-corrected chi connectivity index (χ0v) is 10.3. The summed E-state index contributed by atoms with van der Waals surface area (Å²) in [5.74, 6) is 0.630. The van der Waals surface area contributed by atoms with Crippen LogP contribution in [-0.4, -0.2) is 4.98 Å². The molecule has 2 aromatic rings. The van der Waals surface area contributed by atoms with Crippen molar-refractivity contribution in [3.05, 3.63) is 40.2 Å². The maximum Gasteiger partial charge on any atom is 0.248 e. The lowest BCUT2D eigenvalue weighted by molar-refractivity contribution is 0.588. The van der Waals surface area contributed by atoms with Crippen LogP contribution >= 0.6 is 0 Å². The zero-order chi connectivity index (χ0) is 12.4. The van der Waals surface area contributed by atoms with Crippen LogP contribution in [0.25, 0.3) is 10.9 Å². The van der Waals surface area contributed by atoms with E-state index >= 15 is 0 Å². The van der Waals surface area contributed by atoms with Crippen LogP contribution in [-0.2, 0) is 6.42 Å². The Morgan fingerprint density at radius 1 is 1.29 bits per heavy atom. The number of hydrogen-bond acceptors (Lipinski definition) is 2. The molecule has 0 spiro atoms. The lowest BCUT2D eigenvalue weighted by Gasteiger charge is -2.08. The molecule has 0 saturated heterocycles. The van der Waals surface area contributed by atoms with Crippen molar-refractivity contribution >= 4 is 16.6 Å². The highest BCUT2D eigenvalue weighted by atomic mass is 16.1. The first-order chi connectivity index (χ1) is 8.06. The number of aromatic nitrogens is 1. The van der Waals surface area contributed by atoms with E-state index in [4.69, 9.17) is 5.73 Å². The van der Waals surface area contributed by atoms with Gasteiger partial charge in [0.2, 0.25) is 5.56 Å². The largest absolute Gasteiger partial charge is 0.399 e. The van der Waals surface area contributed by atoms with E-state index in [9.17, 15) is 4.79 Å². The van der Waals surface area contributed by atoms with E-state index < -0.39 is 0 Å². The third kappa shape index (κ3) is 2.67. The summed E-state index contributed by atoms with van der Waals surface area (Å²) < 4.78 is 0. The van der Waals surface area contributed by atoms with E-state index in [1.807, 2.05) is 18.2 Å². The molecule has 0 bridgehead atoms. The molecule has 0 atom stereocenters. The zero-order valence-electron chi connectivity index (χ0n) is 10.3. The van der Waals surface area contributed by atoms with Crippen molar-refractivity contribution in [2.24, 2.45) is 5.92 Å². The number of aromatic amines is 1. The van der Waals surface area contributed by atoms with Gasteiger partial charge in [-0.05, 0) is 42.5 Å². The summed E-state index contributed by atoms with van der Waals surface area (Å²) in [4.78, 5) is 14.4. The molecule has 1 aromatic heterocycles. The van der Waals surface area contributed by atoms with Gasteiger partial charge >= 0.3 is 0 Å². The van der Waals surface area contributed by atoms with Crippen molar-refractivity contribution in [1.29, 1.82) is 0 Å². The normalized spacial score (nSPS) is 11.2. The average molecular weight is 230 g/mol. The van der Waals surface area contributed by atoms with Gasteiger partial charge in [0.25, 0.3) is 0 Å². The van der Waals surface area contributed by atoms with Crippen LogP contribution in [0.3, 0.4) is 0 Å². The quantitative estimate of drug-likeness (QED) is 0.796. The Morgan fingerprint density at radius 2 is 2.06 bits per heavy atom. The first-order valence-corrected chi connectivity index (χ1v) is 5.97. The molecule has 0 fully saturated rings. The van der Waals surface area contributed by atoms with Gasteiger partial charge < -0.3 is 10.7 Å². The maximum absolute atomic E-state index is 11.5. The minimum Gasteiger partial charge on any atom is -0.399 e. The second kappa shape index (κ2) is 4.62. The average Bonchev–Trinajstić information content (AvgIpc) is 2.26. The van der Waals surface area contributed by atoms with Crippen LogP contribution in [0.1, 0.15) is 25.8 Å². The number of aryl methyl sites for hydroxylation is 1. The summed E-state index contributed by atoms with van der Waals surface area (Å²) >= 11 is 0. The molecule has 3 heteroatoms. The molecule has 2 rings (SSSR count). The summed E-state index contributed by atoms with van der Waals surface area (Å²) in [7, 11) is 0. The Balaban J connectivity index is 2.51. The lowest BCUT2D eigenvalue weighted by Crippen LogP contribution is -2.07. The topological polar surface area (TPSA) is 58.9 Å². The SMILES string of the molecule is CC(C)CCc1cc(=O)[nH]c2ccc(N)cc12. The van der Waals surface area contributed by atoms with Gasteiger partial charge in [0.05, 0.1) is 0 Å². The van der Waals surface area contributed by atoms with Crippen LogP contribution in [0.5, 0.6) is 0 Å². The van der Waals surface area contributed by atoms with Gasteiger partial charge in [-0.1, -0.05) is 13.8 Å². The fraction of sp³-hybridized carbons (Fsp3) is 0.357. The molecule has 0 aliphatic carbocycles. The first kappa shape index (κ1) is 11.7. The van der Waals surface area contributed by atoms with Crippen molar-refractivity contribution in [2.45, 2.75) is 26.7 Å². The summed E-state index contributed by atoms with van der Waals surface area (Å²) in [5, 5.41) is 1.06. The number of H-pyrrole nitrogens is 1. The van der Waals surface area contributed by atoms with Gasteiger partial charge in [0.15, 0.2) is 0 Å². The molecular formula is C14H18N2O. The molecule has 17 heavy (non-hydrogen) atoms. The monoisotopic (exact) mass is 230 g/mol. The van der Waals surface area contributed by atoms with Crippen LogP contribution in [0.15, 0.2) is 29.1 Å². The highest BCUT2D eigenvalue weighted by molar-refractivity contribution is 5.84. The Hall–Kier alpha value is -1.77. The van der Waals surface area contributed by atoms with Gasteiger partial charge in [-0.2, -0.15) is 0 Å². The Morgan fingerprint density at radius 3 is 2.76 bits per heavy atom. The number of anilines is 1. The van der Waals surface area contributed by atoms with Crippen LogP contribution in [0.2, 0.25) is 0 Å². The second-order valence-corrected chi connectivity index (χ2v) is 4.90. The van der Waals surface area contributed by atoms with Crippen molar-refractivity contribution in [3.8, 4) is 0 Å². The third-order valence-corrected chi connectivity index (χ3v) is 2.94. The molecule has 1 aromatic carbocycles. The van der Waals surface area contributed by atoms with E-state index in [0.717, 1.165) is 35.0 Å². The summed E-state index contributed by atoms with van der Waals surface area (Å²) in [6, 6.07) is 7.29. The summed E-state index contributed by atoms with van der Waals surface area (Å²) in [5.41, 5.74) is 8.44. The number of pyridine rings is 1. The van der Waals surface area contributed by atoms with Gasteiger partial charge in [-0.15, -0.1) is 0 Å². The standard InChI is InChI=1S/C14H18N2O/c1-9(2)3-4-10-7-14(17)16-13-6-5-11(15)8-12(10)13/h5-9H,3-4,15H2,1-2H3,(H,16,17). The van der Waals surface area contributed by atoms with Crippen molar-refractivity contribution in [3.63, 3.8) is 0 Å². The Labute approximate surface area is 101 Å². The molecule has 0 aliphatic rings. The Bertz CT molecular complexity index is 584. The van der Waals surface area contributed by atoms with E-state index in [-0.39, 0.29) is 5.56 Å². The minimum atomic E-state index is -0.0407. The molecule has 1 heterocycles. The first-order valence-electron chi connectivity index (χ1n) is 5.97. The van der Waals surface area contributed by atoms with Crippen LogP contribution < -0.4 is 11.3 Å². The lowest BCUT2D eigenvalue weighted by atomic mass is 9.99. The van der Waals surface area contributed by atoms with E-state index in [1.165, 1.54) is 0 Å². The number of rotatable bonds is 3. The molecule has 0 amide bonds. The predicted molar refractivity (Wildman–Crippen MR) is 72.1 cm³/mol. The highest BCUT2D eigenvalue weighted by Gasteiger charge is 2.05. The molecule has 0 aliphatic heterocycles. The second-order valence-electron chi connectivity index (χ2n) is 4.90. The number of fused-ring (bicyclic) bond motifs is 1. The minimum absolute atomic E-state index is 0.0407. The maximum atomic E-state index is 11.5. The van der Waals surface area contributed by atoms with Crippen LogP contribution in [0.4, 0.5) is 5.69 Å². The summed E-state index contributed by atoms with van der Waals surface area (Å²) in [6.45, 7) is 4.37. The molecular weight excluding hydrogens is 212 g/mol. The smallest absolute Gasteiger partial charge is 0.248 e. The van der Waals surface area contributed by atoms with Crippen molar-refractivity contribution < 1.29 is 0 Å². The van der Waals surface area contributed by atoms with Gasteiger partial charge in [-0.25, -0.2) is 0 Å². The number of nitrogens with two attached hydrogens (primary N) is 1. The van der Waals surface area contributed by atoms with E-state index in [2.05, 4.69) is 18.8 Å². The highest BCUT2D eigenvalue weighted by Crippen LogP contribution is 2.20. The molecule has 0 unspecified atom stereocenters. The molecule has 0 radical (unpaired) electrons. The fourth-order valence-electron chi connectivity index (χ4n) is 1.99. The number of nitrogen functional groups attached to an aromatic ring is 1. The predicted octanol–water partition coefficient (Wildman–Crippen LogP) is 2.70. The van der Waals surface area contributed by atoms with Crippen molar-refractivity contribution in [2.75, 3.05) is 5.73 Å². The Kier molecular flexibility index (Phi) is 3.18. The number of nitrogens with one attached hydrogen (secondary N) is 1. The van der Waals surface area contributed by atoms with E-state index in [1.54, 1.807) is 6.07 Å². The number of hydrogen-bond donors (Lipinski definition) is 2. The third-order valence-electron chi connectivity index (χ3n) is 2.94. The fourth-order valence-corrected chi connectivity index (χ4v) is 1.99. The molecule has 3 nitrogen and oxygen atoms in total. The van der Waals surface area contributed by atoms with Gasteiger partial charge in [0.1, 0.15) is 0 Å².